The zero-order valence-corrected chi connectivity index (χ0v) is 9.04. The minimum absolute atomic E-state index is 0.0738. The Bertz CT molecular complexity index is 268. The summed E-state index contributed by atoms with van der Waals surface area (Å²) in [5.74, 6) is 0. The quantitative estimate of drug-likeness (QED) is 0.440. The number of rotatable bonds is 1. The van der Waals surface area contributed by atoms with Gasteiger partial charge in [0.2, 0.25) is 0 Å². The van der Waals surface area contributed by atoms with Crippen LogP contribution in [-0.4, -0.2) is 52.9 Å². The highest BCUT2D eigenvalue weighted by Gasteiger charge is 2.26. The molecule has 0 saturated heterocycles. The van der Waals surface area contributed by atoms with Gasteiger partial charge in [-0.2, -0.15) is 0 Å². The van der Waals surface area contributed by atoms with Crippen LogP contribution in [0.3, 0.4) is 0 Å². The van der Waals surface area contributed by atoms with E-state index in [1.165, 1.54) is 19.2 Å². The smallest absolute Gasteiger partial charge is 0.407 e. The molecule has 0 bridgehead atoms. The van der Waals surface area contributed by atoms with Gasteiger partial charge in [0.1, 0.15) is 6.10 Å². The molecule has 6 nitrogen and oxygen atoms in total. The predicted octanol–water partition coefficient (Wildman–Crippen LogP) is -0.856. The van der Waals surface area contributed by atoms with Gasteiger partial charge in [-0.05, 0) is 6.08 Å². The summed E-state index contributed by atoms with van der Waals surface area (Å²) in [6.45, 7) is 0. The largest absolute Gasteiger partial charge is 0.442 e. The number of hydrogen-bond acceptors (Lipinski definition) is 5. The number of aliphatic hydroxyl groups excluding tert-OH is 3. The maximum absolute atomic E-state index is 11.0. The minimum atomic E-state index is -1.02. The average Bonchev–Trinajstić information content (AvgIpc) is 2.24. The monoisotopic (exact) mass is 231 g/mol. The summed E-state index contributed by atoms with van der Waals surface area (Å²) in [7, 11) is 1.43. The molecule has 1 aliphatic rings. The van der Waals surface area contributed by atoms with Crippen molar-refractivity contribution in [2.24, 2.45) is 0 Å². The van der Waals surface area contributed by atoms with E-state index in [9.17, 15) is 20.1 Å². The molecule has 0 aliphatic heterocycles. The topological polar surface area (TPSA) is 99.0 Å². The SMILES string of the molecule is CNC(=O)OC1/C=C/C(O)CC(O)C(O)C1. The van der Waals surface area contributed by atoms with E-state index in [4.69, 9.17) is 4.74 Å². The van der Waals surface area contributed by atoms with Crippen molar-refractivity contribution in [2.45, 2.75) is 37.3 Å². The lowest BCUT2D eigenvalue weighted by Gasteiger charge is -2.25. The predicted molar refractivity (Wildman–Crippen MR) is 55.7 cm³/mol. The van der Waals surface area contributed by atoms with Crippen LogP contribution in [-0.2, 0) is 4.74 Å². The van der Waals surface area contributed by atoms with E-state index in [0.717, 1.165) is 0 Å². The first kappa shape index (κ1) is 13.0. The van der Waals surface area contributed by atoms with E-state index in [1.807, 2.05) is 0 Å². The molecule has 0 saturated carbocycles. The maximum atomic E-state index is 11.0. The Morgan fingerprint density at radius 1 is 1.25 bits per heavy atom. The molecule has 1 rings (SSSR count). The maximum Gasteiger partial charge on any atom is 0.407 e. The van der Waals surface area contributed by atoms with Crippen LogP contribution in [0.15, 0.2) is 12.2 Å². The van der Waals surface area contributed by atoms with E-state index >= 15 is 0 Å². The molecule has 0 aromatic rings. The van der Waals surface area contributed by atoms with Crippen LogP contribution < -0.4 is 5.32 Å². The number of amides is 1. The standard InChI is InChI=1S/C10H17NO5/c1-11-10(15)16-7-3-2-6(12)4-8(13)9(14)5-7/h2-3,6-9,12-14H,4-5H2,1H3,(H,11,15)/b3-2+. The highest BCUT2D eigenvalue weighted by molar-refractivity contribution is 5.67. The number of aliphatic hydroxyl groups is 3. The fourth-order valence-corrected chi connectivity index (χ4v) is 1.49. The van der Waals surface area contributed by atoms with E-state index in [2.05, 4.69) is 5.32 Å². The molecule has 1 amide bonds. The highest BCUT2D eigenvalue weighted by atomic mass is 16.6. The molecule has 4 N–H and O–H groups in total. The molecule has 6 heteroatoms. The second-order valence-corrected chi connectivity index (χ2v) is 3.75. The molecule has 0 aromatic heterocycles. The molecule has 0 heterocycles. The van der Waals surface area contributed by atoms with Crippen LogP contribution in [0, 0.1) is 0 Å². The molecule has 4 atom stereocenters. The molecular weight excluding hydrogens is 214 g/mol. The third-order valence-electron chi connectivity index (χ3n) is 2.41. The van der Waals surface area contributed by atoms with Crippen LogP contribution in [0.1, 0.15) is 12.8 Å². The summed E-state index contributed by atoms with van der Waals surface area (Å²) >= 11 is 0. The fourth-order valence-electron chi connectivity index (χ4n) is 1.49. The third-order valence-corrected chi connectivity index (χ3v) is 2.41. The lowest BCUT2D eigenvalue weighted by Crippen LogP contribution is -2.36. The lowest BCUT2D eigenvalue weighted by atomic mass is 9.97. The first-order chi connectivity index (χ1) is 7.52. The average molecular weight is 231 g/mol. The summed E-state index contributed by atoms with van der Waals surface area (Å²) < 4.78 is 4.92. The van der Waals surface area contributed by atoms with Gasteiger partial charge in [-0.3, -0.25) is 0 Å². The molecule has 4 unspecified atom stereocenters. The normalized spacial score (nSPS) is 37.0. The second-order valence-electron chi connectivity index (χ2n) is 3.75. The molecule has 0 aromatic carbocycles. The first-order valence-electron chi connectivity index (χ1n) is 5.13. The Balaban J connectivity index is 2.65. The van der Waals surface area contributed by atoms with Gasteiger partial charge in [0, 0.05) is 19.9 Å². The van der Waals surface area contributed by atoms with Gasteiger partial charge in [-0.15, -0.1) is 0 Å². The third kappa shape index (κ3) is 3.80. The van der Waals surface area contributed by atoms with Crippen LogP contribution in [0.25, 0.3) is 0 Å². The van der Waals surface area contributed by atoms with Crippen molar-refractivity contribution in [2.75, 3.05) is 7.05 Å². The van der Waals surface area contributed by atoms with Crippen LogP contribution >= 0.6 is 0 Å². The second kappa shape index (κ2) is 5.83. The summed E-state index contributed by atoms with van der Waals surface area (Å²) in [6, 6.07) is 0. The number of carbonyl (C=O) groups excluding carboxylic acids is 1. The van der Waals surface area contributed by atoms with Crippen molar-refractivity contribution in [3.8, 4) is 0 Å². The van der Waals surface area contributed by atoms with Gasteiger partial charge >= 0.3 is 6.09 Å². The van der Waals surface area contributed by atoms with Crippen molar-refractivity contribution in [3.63, 3.8) is 0 Å². The zero-order chi connectivity index (χ0) is 12.1. The number of ether oxygens (including phenoxy) is 1. The van der Waals surface area contributed by atoms with Gasteiger partial charge in [0.15, 0.2) is 0 Å². The number of alkyl carbamates (subject to hydrolysis) is 1. The summed E-state index contributed by atoms with van der Waals surface area (Å²) in [5, 5.41) is 30.7. The first-order valence-corrected chi connectivity index (χ1v) is 5.13. The molecule has 92 valence electrons. The van der Waals surface area contributed by atoms with E-state index in [-0.39, 0.29) is 12.8 Å². The summed E-state index contributed by atoms with van der Waals surface area (Å²) in [5.41, 5.74) is 0. The van der Waals surface area contributed by atoms with Crippen LogP contribution in [0.2, 0.25) is 0 Å². The Morgan fingerprint density at radius 3 is 2.50 bits per heavy atom. The minimum Gasteiger partial charge on any atom is -0.442 e. The Morgan fingerprint density at radius 2 is 1.88 bits per heavy atom. The fraction of sp³-hybridized carbons (Fsp3) is 0.700. The Hall–Kier alpha value is -1.11. The van der Waals surface area contributed by atoms with Crippen molar-refractivity contribution in [1.82, 2.24) is 5.32 Å². The van der Waals surface area contributed by atoms with Crippen molar-refractivity contribution in [1.29, 1.82) is 0 Å². The number of nitrogens with one attached hydrogen (secondary N) is 1. The summed E-state index contributed by atoms with van der Waals surface area (Å²) in [6.07, 6.45) is -1.02. The van der Waals surface area contributed by atoms with Gasteiger partial charge < -0.3 is 25.4 Å². The van der Waals surface area contributed by atoms with Gasteiger partial charge in [-0.25, -0.2) is 4.79 Å². The zero-order valence-electron chi connectivity index (χ0n) is 9.04. The van der Waals surface area contributed by atoms with Crippen molar-refractivity contribution in [3.05, 3.63) is 12.2 Å². The van der Waals surface area contributed by atoms with Crippen LogP contribution in [0.4, 0.5) is 4.79 Å². The molecule has 1 aliphatic carbocycles. The van der Waals surface area contributed by atoms with Gasteiger partial charge in [-0.1, -0.05) is 6.08 Å². The Labute approximate surface area is 93.5 Å². The van der Waals surface area contributed by atoms with Gasteiger partial charge in [0.25, 0.3) is 0 Å². The molecule has 16 heavy (non-hydrogen) atoms. The van der Waals surface area contributed by atoms with E-state index in [1.54, 1.807) is 0 Å². The Kier molecular flexibility index (Phi) is 4.72. The number of hydrogen-bond donors (Lipinski definition) is 4. The molecule has 0 radical (unpaired) electrons. The van der Waals surface area contributed by atoms with Crippen molar-refractivity contribution < 1.29 is 24.9 Å². The molecule has 0 spiro atoms. The lowest BCUT2D eigenvalue weighted by molar-refractivity contribution is -0.0284. The molecular formula is C10H17NO5. The van der Waals surface area contributed by atoms with E-state index < -0.39 is 30.5 Å². The highest BCUT2D eigenvalue weighted by Crippen LogP contribution is 2.16. The number of carbonyl (C=O) groups is 1. The van der Waals surface area contributed by atoms with Gasteiger partial charge in [0.05, 0.1) is 18.3 Å². The van der Waals surface area contributed by atoms with E-state index in [0.29, 0.717) is 0 Å². The van der Waals surface area contributed by atoms with Crippen molar-refractivity contribution >= 4 is 6.09 Å². The molecule has 0 fully saturated rings. The summed E-state index contributed by atoms with van der Waals surface area (Å²) in [4.78, 5) is 11.0. The van der Waals surface area contributed by atoms with Crippen LogP contribution in [0.5, 0.6) is 0 Å².